The number of hydrogen-bond acceptors (Lipinski definition) is 7. The SMILES string of the molecule is N#CC1=C(N)Nc2nc(SCc3ccc(F)cc3)[nH]c(=O)c2C12C(=O)N(Cc1cccc(F)c1)c1ccccc12. The van der Waals surface area contributed by atoms with Crippen LogP contribution in [0.2, 0.25) is 0 Å². The van der Waals surface area contributed by atoms with Crippen molar-refractivity contribution in [3.63, 3.8) is 0 Å². The van der Waals surface area contributed by atoms with E-state index in [1.165, 1.54) is 40.9 Å². The summed E-state index contributed by atoms with van der Waals surface area (Å²) in [6.45, 7) is 0.00761. The van der Waals surface area contributed by atoms with E-state index in [1.807, 2.05) is 0 Å². The second-order valence-electron chi connectivity index (χ2n) is 9.32. The Morgan fingerprint density at radius 2 is 1.77 bits per heavy atom. The molecule has 2 aliphatic rings. The molecule has 4 aromatic rings. The molecule has 3 aromatic carbocycles. The number of nitrogens with zero attached hydrogens (tertiary/aromatic N) is 3. The first-order valence-corrected chi connectivity index (χ1v) is 13.2. The molecule has 1 amide bonds. The van der Waals surface area contributed by atoms with Gasteiger partial charge in [0, 0.05) is 17.0 Å². The first-order valence-electron chi connectivity index (χ1n) is 12.2. The monoisotopic (exact) mass is 554 g/mol. The average molecular weight is 555 g/mol. The van der Waals surface area contributed by atoms with Crippen LogP contribution in [0.4, 0.5) is 20.3 Å². The Morgan fingerprint density at radius 1 is 1.00 bits per heavy atom. The van der Waals surface area contributed by atoms with Crippen molar-refractivity contribution in [2.75, 3.05) is 10.2 Å². The van der Waals surface area contributed by atoms with Crippen molar-refractivity contribution < 1.29 is 13.6 Å². The number of nitrogens with one attached hydrogen (secondary N) is 2. The Hall–Kier alpha value is -4.95. The molecule has 0 bridgehead atoms. The minimum atomic E-state index is -1.86. The second kappa shape index (κ2) is 9.66. The highest BCUT2D eigenvalue weighted by molar-refractivity contribution is 7.98. The fourth-order valence-electron chi connectivity index (χ4n) is 5.26. The first kappa shape index (κ1) is 25.3. The van der Waals surface area contributed by atoms with E-state index in [4.69, 9.17) is 5.73 Å². The highest BCUT2D eigenvalue weighted by atomic mass is 32.2. The molecule has 0 saturated carbocycles. The number of H-pyrrole nitrogens is 1. The molecule has 198 valence electrons. The molecule has 3 heterocycles. The molecule has 0 fully saturated rings. The summed E-state index contributed by atoms with van der Waals surface area (Å²) in [7, 11) is 0. The number of hydrogen-bond donors (Lipinski definition) is 3. The molecule has 0 aliphatic carbocycles. The standard InChI is InChI=1S/C29H20F2N6O2S/c30-18-10-8-16(9-11-18)15-40-28-35-25-23(26(38)36-28)29(21(13-32)24(33)34-25)20-6-1-2-7-22(20)37(27(29)39)14-17-4-3-5-19(31)12-17/h1-12H,14-15,33H2,(H2,34,35,36,38). The molecule has 4 N–H and O–H groups in total. The van der Waals surface area contributed by atoms with Crippen LogP contribution in [0.3, 0.4) is 0 Å². The van der Waals surface area contributed by atoms with Gasteiger partial charge in [0.25, 0.3) is 5.56 Å². The zero-order chi connectivity index (χ0) is 28.0. The molecule has 11 heteroatoms. The molecule has 1 spiro atoms. The maximum Gasteiger partial charge on any atom is 0.258 e. The van der Waals surface area contributed by atoms with Crippen molar-refractivity contribution >= 4 is 29.2 Å². The number of aromatic amines is 1. The van der Waals surface area contributed by atoms with Gasteiger partial charge in [-0.1, -0.05) is 54.2 Å². The van der Waals surface area contributed by atoms with Crippen molar-refractivity contribution in [3.05, 3.63) is 128 Å². The molecule has 2 aliphatic heterocycles. The van der Waals surface area contributed by atoms with Gasteiger partial charge in [0.15, 0.2) is 5.16 Å². The van der Waals surface area contributed by atoms with E-state index in [2.05, 4.69) is 21.4 Å². The smallest absolute Gasteiger partial charge is 0.258 e. The number of para-hydroxylation sites is 1. The highest BCUT2D eigenvalue weighted by Gasteiger charge is 2.60. The number of nitriles is 1. The van der Waals surface area contributed by atoms with E-state index in [1.54, 1.807) is 48.5 Å². The minimum absolute atomic E-state index is 0.00761. The Bertz CT molecular complexity index is 1810. The molecule has 40 heavy (non-hydrogen) atoms. The van der Waals surface area contributed by atoms with Crippen LogP contribution in [-0.2, 0) is 22.5 Å². The van der Waals surface area contributed by atoms with Gasteiger partial charge in [-0.3, -0.25) is 9.59 Å². The van der Waals surface area contributed by atoms with E-state index in [0.717, 1.165) is 5.56 Å². The predicted octanol–water partition coefficient (Wildman–Crippen LogP) is 4.29. The molecule has 0 saturated heterocycles. The summed E-state index contributed by atoms with van der Waals surface area (Å²) in [6.07, 6.45) is 0. The van der Waals surface area contributed by atoms with Crippen LogP contribution >= 0.6 is 11.8 Å². The molecule has 1 atom stereocenters. The summed E-state index contributed by atoms with van der Waals surface area (Å²) in [5.41, 5.74) is 5.87. The minimum Gasteiger partial charge on any atom is -0.384 e. The molecule has 1 unspecified atom stereocenters. The van der Waals surface area contributed by atoms with Gasteiger partial charge in [-0.2, -0.15) is 5.26 Å². The van der Waals surface area contributed by atoms with Gasteiger partial charge in [-0.15, -0.1) is 0 Å². The summed E-state index contributed by atoms with van der Waals surface area (Å²) in [4.78, 5) is 36.9. The number of nitrogens with two attached hydrogens (primary N) is 1. The van der Waals surface area contributed by atoms with Gasteiger partial charge < -0.3 is 20.9 Å². The third-order valence-corrected chi connectivity index (χ3v) is 7.91. The number of rotatable bonds is 5. The highest BCUT2D eigenvalue weighted by Crippen LogP contribution is 2.53. The van der Waals surface area contributed by atoms with Crippen molar-refractivity contribution in [2.24, 2.45) is 5.73 Å². The summed E-state index contributed by atoms with van der Waals surface area (Å²) in [5, 5.41) is 13.3. The van der Waals surface area contributed by atoms with Crippen LogP contribution in [0.15, 0.2) is 94.1 Å². The Kier molecular flexibility index (Phi) is 6.12. The van der Waals surface area contributed by atoms with E-state index in [9.17, 15) is 23.6 Å². The molecule has 6 rings (SSSR count). The quantitative estimate of drug-likeness (QED) is 0.248. The third-order valence-electron chi connectivity index (χ3n) is 6.97. The lowest BCUT2D eigenvalue weighted by Crippen LogP contribution is -2.49. The largest absolute Gasteiger partial charge is 0.384 e. The predicted molar refractivity (Wildman–Crippen MR) is 146 cm³/mol. The fourth-order valence-corrected chi connectivity index (χ4v) is 6.08. The molecule has 1 aromatic heterocycles. The molecule has 0 radical (unpaired) electrons. The molecular weight excluding hydrogens is 534 g/mol. The number of carbonyl (C=O) groups excluding carboxylic acids is 1. The molecular formula is C29H20F2N6O2S. The van der Waals surface area contributed by atoms with Crippen LogP contribution in [0.5, 0.6) is 0 Å². The van der Waals surface area contributed by atoms with E-state index in [0.29, 0.717) is 22.6 Å². The maximum absolute atomic E-state index is 14.4. The average Bonchev–Trinajstić information content (AvgIpc) is 3.16. The Balaban J connectivity index is 1.48. The van der Waals surface area contributed by atoms with Gasteiger partial charge in [0.1, 0.15) is 34.8 Å². The zero-order valence-electron chi connectivity index (χ0n) is 20.7. The number of fused-ring (bicyclic) bond motifs is 4. The summed E-state index contributed by atoms with van der Waals surface area (Å²) in [6, 6.07) is 20.7. The lowest BCUT2D eigenvalue weighted by molar-refractivity contribution is -0.120. The number of benzene rings is 3. The first-order chi connectivity index (χ1) is 19.3. The molecule has 8 nitrogen and oxygen atoms in total. The van der Waals surface area contributed by atoms with Crippen LogP contribution in [0.25, 0.3) is 0 Å². The van der Waals surface area contributed by atoms with Gasteiger partial charge >= 0.3 is 0 Å². The van der Waals surface area contributed by atoms with Gasteiger partial charge in [-0.05, 0) is 41.5 Å². The number of carbonyl (C=O) groups is 1. The van der Waals surface area contributed by atoms with Gasteiger partial charge in [0.05, 0.1) is 17.7 Å². The lowest BCUT2D eigenvalue weighted by atomic mass is 9.69. The van der Waals surface area contributed by atoms with E-state index >= 15 is 0 Å². The van der Waals surface area contributed by atoms with Crippen LogP contribution in [0.1, 0.15) is 22.3 Å². The Morgan fingerprint density at radius 3 is 2.52 bits per heavy atom. The van der Waals surface area contributed by atoms with Crippen LogP contribution in [-0.4, -0.2) is 15.9 Å². The number of halogens is 2. The number of amides is 1. The lowest BCUT2D eigenvalue weighted by Gasteiger charge is -2.34. The van der Waals surface area contributed by atoms with Crippen molar-refractivity contribution in [1.29, 1.82) is 5.26 Å². The second-order valence-corrected chi connectivity index (χ2v) is 10.3. The van der Waals surface area contributed by atoms with E-state index < -0.39 is 22.7 Å². The normalized spacial score (nSPS) is 17.4. The Labute approximate surface area is 231 Å². The van der Waals surface area contributed by atoms with Crippen molar-refractivity contribution in [3.8, 4) is 6.07 Å². The zero-order valence-corrected chi connectivity index (χ0v) is 21.6. The topological polar surface area (TPSA) is 128 Å². The van der Waals surface area contributed by atoms with Crippen LogP contribution in [0, 0.1) is 23.0 Å². The van der Waals surface area contributed by atoms with Gasteiger partial charge in [-0.25, -0.2) is 13.8 Å². The summed E-state index contributed by atoms with van der Waals surface area (Å²) < 4.78 is 27.3. The number of aromatic nitrogens is 2. The number of thioether (sulfide) groups is 1. The fraction of sp³-hybridized carbons (Fsp3) is 0.103. The summed E-state index contributed by atoms with van der Waals surface area (Å²) >= 11 is 1.21. The maximum atomic E-state index is 14.4. The number of anilines is 2. The van der Waals surface area contributed by atoms with Crippen LogP contribution < -0.4 is 21.5 Å². The third kappa shape index (κ3) is 3.92. The van der Waals surface area contributed by atoms with Crippen molar-refractivity contribution in [2.45, 2.75) is 22.9 Å². The van der Waals surface area contributed by atoms with Crippen molar-refractivity contribution in [1.82, 2.24) is 9.97 Å². The van der Waals surface area contributed by atoms with Gasteiger partial charge in [0.2, 0.25) is 5.91 Å². The summed E-state index contributed by atoms with van der Waals surface area (Å²) in [5.74, 6) is -1.03. The van der Waals surface area contributed by atoms with E-state index in [-0.39, 0.29) is 40.3 Å².